The molecule has 2 aromatic rings. The molecule has 1 heteroatoms. The van der Waals surface area contributed by atoms with Gasteiger partial charge in [0.25, 0.3) is 0 Å². The van der Waals surface area contributed by atoms with Crippen LogP contribution in [0.5, 0.6) is 0 Å². The molecule has 20 heavy (non-hydrogen) atoms. The van der Waals surface area contributed by atoms with Gasteiger partial charge in [0.05, 0.1) is 0 Å². The Kier molecular flexibility index (Phi) is 5.55. The summed E-state index contributed by atoms with van der Waals surface area (Å²) in [7, 11) is 0. The molecule has 0 aliphatic carbocycles. The minimum atomic E-state index is 0.376. The highest BCUT2D eigenvalue weighted by Gasteiger charge is 2.03. The van der Waals surface area contributed by atoms with Gasteiger partial charge in [-0.15, -0.1) is 0 Å². The van der Waals surface area contributed by atoms with E-state index in [1.807, 2.05) is 18.2 Å². The molecule has 104 valence electrons. The van der Waals surface area contributed by atoms with Crippen LogP contribution in [0.1, 0.15) is 36.0 Å². The fourth-order valence-electron chi connectivity index (χ4n) is 2.30. The van der Waals surface area contributed by atoms with E-state index in [2.05, 4.69) is 43.3 Å². The van der Waals surface area contributed by atoms with Crippen molar-refractivity contribution < 1.29 is 4.79 Å². The van der Waals surface area contributed by atoms with Crippen LogP contribution in [0.25, 0.3) is 0 Å². The van der Waals surface area contributed by atoms with Gasteiger partial charge in [-0.2, -0.15) is 0 Å². The Morgan fingerprint density at radius 3 is 2.15 bits per heavy atom. The average Bonchev–Trinajstić information content (AvgIpc) is 2.48. The number of benzene rings is 2. The lowest BCUT2D eigenvalue weighted by Gasteiger charge is -2.03. The molecular weight excluding hydrogens is 244 g/mol. The molecular formula is C19H22O. The van der Waals surface area contributed by atoms with Crippen molar-refractivity contribution in [3.63, 3.8) is 0 Å². The van der Waals surface area contributed by atoms with E-state index < -0.39 is 0 Å². The van der Waals surface area contributed by atoms with Gasteiger partial charge in [-0.1, -0.05) is 60.2 Å². The third-order valence-electron chi connectivity index (χ3n) is 3.58. The van der Waals surface area contributed by atoms with Gasteiger partial charge < -0.3 is 0 Å². The molecule has 0 fully saturated rings. The van der Waals surface area contributed by atoms with Crippen LogP contribution in [0.2, 0.25) is 0 Å². The normalized spacial score (nSPS) is 10.4. The molecule has 0 bridgehead atoms. The minimum Gasteiger partial charge on any atom is -0.300 e. The minimum absolute atomic E-state index is 0.376. The highest BCUT2D eigenvalue weighted by molar-refractivity contribution is 5.78. The second kappa shape index (κ2) is 7.64. The number of hydrogen-bond donors (Lipinski definition) is 0. The number of hydrogen-bond acceptors (Lipinski definition) is 1. The van der Waals surface area contributed by atoms with Crippen LogP contribution in [0, 0.1) is 6.92 Å². The van der Waals surface area contributed by atoms with Crippen molar-refractivity contribution >= 4 is 5.78 Å². The standard InChI is InChI=1S/C19H22O/c1-16-10-12-18(13-11-16)8-5-9-19(20)15-14-17-6-3-2-4-7-17/h2-4,6-7,10-13H,5,8-9,14-15H2,1H3. The third kappa shape index (κ3) is 5.00. The molecule has 0 heterocycles. The van der Waals surface area contributed by atoms with E-state index in [1.165, 1.54) is 16.7 Å². The van der Waals surface area contributed by atoms with E-state index in [0.717, 1.165) is 19.3 Å². The molecule has 0 aliphatic heterocycles. The summed E-state index contributed by atoms with van der Waals surface area (Å²) in [6, 6.07) is 18.8. The molecule has 0 unspecified atom stereocenters. The molecule has 0 radical (unpaired) electrons. The van der Waals surface area contributed by atoms with Crippen molar-refractivity contribution in [2.24, 2.45) is 0 Å². The van der Waals surface area contributed by atoms with Gasteiger partial charge in [0.15, 0.2) is 0 Å². The molecule has 0 saturated heterocycles. The maximum Gasteiger partial charge on any atom is 0.133 e. The summed E-state index contributed by atoms with van der Waals surface area (Å²) in [5.41, 5.74) is 3.86. The summed E-state index contributed by atoms with van der Waals surface area (Å²) in [5.74, 6) is 0.376. The van der Waals surface area contributed by atoms with E-state index in [1.54, 1.807) is 0 Å². The largest absolute Gasteiger partial charge is 0.300 e. The van der Waals surface area contributed by atoms with Gasteiger partial charge >= 0.3 is 0 Å². The Bertz CT molecular complexity index is 525. The zero-order valence-electron chi connectivity index (χ0n) is 12.1. The van der Waals surface area contributed by atoms with E-state index in [0.29, 0.717) is 18.6 Å². The Morgan fingerprint density at radius 2 is 1.45 bits per heavy atom. The zero-order valence-corrected chi connectivity index (χ0v) is 12.1. The quantitative estimate of drug-likeness (QED) is 0.720. The highest BCUT2D eigenvalue weighted by Crippen LogP contribution is 2.09. The van der Waals surface area contributed by atoms with Crippen molar-refractivity contribution in [3.8, 4) is 0 Å². The second-order valence-corrected chi connectivity index (χ2v) is 5.36. The SMILES string of the molecule is Cc1ccc(CCCC(=O)CCc2ccccc2)cc1. The monoisotopic (exact) mass is 266 g/mol. The zero-order chi connectivity index (χ0) is 14.2. The first kappa shape index (κ1) is 14.5. The molecule has 0 spiro atoms. The first-order chi connectivity index (χ1) is 9.74. The third-order valence-corrected chi connectivity index (χ3v) is 3.58. The lowest BCUT2D eigenvalue weighted by atomic mass is 10.0. The first-order valence-corrected chi connectivity index (χ1v) is 7.35. The van der Waals surface area contributed by atoms with Crippen LogP contribution >= 0.6 is 0 Å². The maximum atomic E-state index is 11.9. The van der Waals surface area contributed by atoms with Crippen molar-refractivity contribution in [1.82, 2.24) is 0 Å². The Hall–Kier alpha value is -1.89. The summed E-state index contributed by atoms with van der Waals surface area (Å²) in [4.78, 5) is 11.9. The summed E-state index contributed by atoms with van der Waals surface area (Å²) in [5, 5.41) is 0. The Labute approximate surface area is 121 Å². The number of carbonyl (C=O) groups is 1. The summed E-state index contributed by atoms with van der Waals surface area (Å²) >= 11 is 0. The van der Waals surface area contributed by atoms with Crippen LogP contribution in [0.3, 0.4) is 0 Å². The average molecular weight is 266 g/mol. The van der Waals surface area contributed by atoms with Gasteiger partial charge in [-0.05, 0) is 37.3 Å². The molecule has 2 rings (SSSR count). The summed E-state index contributed by atoms with van der Waals surface area (Å²) in [6.45, 7) is 2.09. The van der Waals surface area contributed by atoms with Gasteiger partial charge in [0.2, 0.25) is 0 Å². The van der Waals surface area contributed by atoms with Gasteiger partial charge in [-0.3, -0.25) is 4.79 Å². The molecule has 0 saturated carbocycles. The van der Waals surface area contributed by atoms with Crippen molar-refractivity contribution in [3.05, 3.63) is 71.3 Å². The lowest BCUT2D eigenvalue weighted by molar-refractivity contribution is -0.119. The Morgan fingerprint density at radius 1 is 0.800 bits per heavy atom. The van der Waals surface area contributed by atoms with Crippen LogP contribution in [0.15, 0.2) is 54.6 Å². The summed E-state index contributed by atoms with van der Waals surface area (Å²) in [6.07, 6.45) is 4.18. The van der Waals surface area contributed by atoms with Crippen molar-refractivity contribution in [2.45, 2.75) is 39.0 Å². The molecule has 1 nitrogen and oxygen atoms in total. The number of rotatable bonds is 7. The van der Waals surface area contributed by atoms with Crippen LogP contribution in [-0.4, -0.2) is 5.78 Å². The number of Topliss-reactive ketones (excluding diaryl/α,β-unsaturated/α-hetero) is 1. The molecule has 0 aliphatic rings. The first-order valence-electron chi connectivity index (χ1n) is 7.35. The fourth-order valence-corrected chi connectivity index (χ4v) is 2.30. The fraction of sp³-hybridized carbons (Fsp3) is 0.316. The van der Waals surface area contributed by atoms with Crippen molar-refractivity contribution in [1.29, 1.82) is 0 Å². The highest BCUT2D eigenvalue weighted by atomic mass is 16.1. The molecule has 0 N–H and O–H groups in total. The van der Waals surface area contributed by atoms with Gasteiger partial charge in [0.1, 0.15) is 5.78 Å². The predicted octanol–water partition coefficient (Wildman–Crippen LogP) is 4.52. The lowest BCUT2D eigenvalue weighted by Crippen LogP contribution is -2.01. The molecule has 2 aromatic carbocycles. The van der Waals surface area contributed by atoms with Crippen LogP contribution in [0.4, 0.5) is 0 Å². The van der Waals surface area contributed by atoms with E-state index >= 15 is 0 Å². The molecule has 0 amide bonds. The van der Waals surface area contributed by atoms with E-state index in [9.17, 15) is 4.79 Å². The number of ketones is 1. The van der Waals surface area contributed by atoms with Crippen molar-refractivity contribution in [2.75, 3.05) is 0 Å². The van der Waals surface area contributed by atoms with Crippen LogP contribution in [-0.2, 0) is 17.6 Å². The maximum absolute atomic E-state index is 11.9. The molecule has 0 aromatic heterocycles. The Balaban J connectivity index is 1.66. The molecule has 0 atom stereocenters. The van der Waals surface area contributed by atoms with E-state index in [4.69, 9.17) is 0 Å². The van der Waals surface area contributed by atoms with E-state index in [-0.39, 0.29) is 0 Å². The number of carbonyl (C=O) groups excluding carboxylic acids is 1. The topological polar surface area (TPSA) is 17.1 Å². The summed E-state index contributed by atoms with van der Waals surface area (Å²) < 4.78 is 0. The smallest absolute Gasteiger partial charge is 0.133 e. The predicted molar refractivity (Wildman–Crippen MR) is 83.9 cm³/mol. The van der Waals surface area contributed by atoms with Gasteiger partial charge in [-0.25, -0.2) is 0 Å². The van der Waals surface area contributed by atoms with Crippen LogP contribution < -0.4 is 0 Å². The number of aryl methyl sites for hydroxylation is 3. The van der Waals surface area contributed by atoms with Gasteiger partial charge in [0, 0.05) is 12.8 Å². The second-order valence-electron chi connectivity index (χ2n) is 5.36.